The van der Waals surface area contributed by atoms with Crippen molar-refractivity contribution in [2.24, 2.45) is 0 Å². The number of likely N-dealkylation sites (tertiary alicyclic amines) is 1. The quantitative estimate of drug-likeness (QED) is 0.696. The fraction of sp³-hybridized carbons (Fsp3) is 0.889. The van der Waals surface area contributed by atoms with Gasteiger partial charge in [0, 0.05) is 18.6 Å². The van der Waals surface area contributed by atoms with Gasteiger partial charge in [-0.3, -0.25) is 19.4 Å². The molecule has 1 amide bonds. The Morgan fingerprint density at radius 3 is 2.36 bits per heavy atom. The predicted molar refractivity (Wildman–Crippen MR) is 101 cm³/mol. The number of carbonyl (C=O) groups excluding carboxylic acids is 1. The average Bonchev–Trinajstić information content (AvgIpc) is 2.89. The third kappa shape index (κ3) is 8.38. The highest BCUT2D eigenvalue weighted by Gasteiger charge is 2.23. The summed E-state index contributed by atoms with van der Waals surface area (Å²) in [5.41, 5.74) is 0. The summed E-state index contributed by atoms with van der Waals surface area (Å²) < 4.78 is 0. The highest BCUT2D eigenvalue weighted by molar-refractivity contribution is 5.85. The Hall–Kier alpha value is -0.850. The lowest BCUT2D eigenvalue weighted by Gasteiger charge is -2.25. The van der Waals surface area contributed by atoms with Crippen LogP contribution in [0.15, 0.2) is 0 Å². The van der Waals surface area contributed by atoms with Crippen LogP contribution in [0.2, 0.25) is 0 Å². The van der Waals surface area contributed by atoms with Crippen LogP contribution in [0.4, 0.5) is 0 Å². The van der Waals surface area contributed by atoms with Gasteiger partial charge >= 0.3 is 5.97 Å². The molecule has 1 heterocycles. The van der Waals surface area contributed by atoms with Crippen LogP contribution in [0.1, 0.15) is 57.8 Å². The Morgan fingerprint density at radius 1 is 1.04 bits per heavy atom. The molecule has 0 bridgehead atoms. The summed E-state index contributed by atoms with van der Waals surface area (Å²) in [6, 6.07) is 0.664. The first kappa shape index (κ1) is 22.2. The molecule has 1 aliphatic heterocycles. The highest BCUT2D eigenvalue weighted by Crippen LogP contribution is 2.18. The summed E-state index contributed by atoms with van der Waals surface area (Å²) in [5, 5.41) is 12.1. The van der Waals surface area contributed by atoms with Crippen molar-refractivity contribution < 1.29 is 14.7 Å². The van der Waals surface area contributed by atoms with Crippen molar-refractivity contribution >= 4 is 24.3 Å². The smallest absolute Gasteiger partial charge is 0.317 e. The molecule has 2 aliphatic rings. The first-order chi connectivity index (χ1) is 11.5. The van der Waals surface area contributed by atoms with Gasteiger partial charge in [0.1, 0.15) is 0 Å². The number of rotatable bonds is 6. The maximum Gasteiger partial charge on any atom is 0.317 e. The van der Waals surface area contributed by atoms with E-state index in [2.05, 4.69) is 10.2 Å². The number of halogens is 1. The van der Waals surface area contributed by atoms with E-state index < -0.39 is 5.97 Å². The summed E-state index contributed by atoms with van der Waals surface area (Å²) in [5.74, 6) is -0.624. The van der Waals surface area contributed by atoms with Crippen molar-refractivity contribution in [3.63, 3.8) is 0 Å². The minimum absolute atomic E-state index is 0. The molecule has 1 unspecified atom stereocenters. The van der Waals surface area contributed by atoms with E-state index in [9.17, 15) is 9.59 Å². The summed E-state index contributed by atoms with van der Waals surface area (Å²) in [7, 11) is 1.88. The summed E-state index contributed by atoms with van der Waals surface area (Å²) >= 11 is 0. The van der Waals surface area contributed by atoms with E-state index in [-0.39, 0.29) is 24.9 Å². The minimum atomic E-state index is -0.776. The summed E-state index contributed by atoms with van der Waals surface area (Å²) in [6.45, 7) is 2.36. The van der Waals surface area contributed by atoms with Gasteiger partial charge in [0.15, 0.2) is 0 Å². The zero-order valence-electron chi connectivity index (χ0n) is 15.4. The van der Waals surface area contributed by atoms with Gasteiger partial charge in [-0.25, -0.2) is 0 Å². The monoisotopic (exact) mass is 375 g/mol. The molecule has 1 aliphatic carbocycles. The Bertz CT molecular complexity index is 414. The molecule has 2 rings (SSSR count). The number of carboxylic acid groups (broad SMARTS) is 1. The molecule has 25 heavy (non-hydrogen) atoms. The largest absolute Gasteiger partial charge is 0.480 e. The molecule has 0 radical (unpaired) electrons. The van der Waals surface area contributed by atoms with Gasteiger partial charge in [0.2, 0.25) is 5.91 Å². The maximum absolute atomic E-state index is 12.3. The number of carboxylic acids is 1. The topological polar surface area (TPSA) is 72.9 Å². The van der Waals surface area contributed by atoms with Gasteiger partial charge in [0.25, 0.3) is 0 Å². The molecule has 0 aromatic heterocycles. The van der Waals surface area contributed by atoms with Crippen molar-refractivity contribution in [2.75, 3.05) is 33.2 Å². The molecule has 1 atom stereocenters. The van der Waals surface area contributed by atoms with E-state index in [1.807, 2.05) is 11.9 Å². The van der Waals surface area contributed by atoms with Crippen LogP contribution in [-0.4, -0.2) is 72.1 Å². The van der Waals surface area contributed by atoms with Crippen molar-refractivity contribution in [1.82, 2.24) is 15.1 Å². The van der Waals surface area contributed by atoms with E-state index >= 15 is 0 Å². The van der Waals surface area contributed by atoms with Crippen molar-refractivity contribution in [3.8, 4) is 0 Å². The third-order valence-electron chi connectivity index (χ3n) is 5.39. The number of nitrogens with zero attached hydrogens (tertiary/aromatic N) is 2. The Morgan fingerprint density at radius 2 is 1.72 bits per heavy atom. The van der Waals surface area contributed by atoms with Crippen LogP contribution < -0.4 is 5.32 Å². The second-order valence-electron chi connectivity index (χ2n) is 7.43. The molecule has 1 saturated carbocycles. The lowest BCUT2D eigenvalue weighted by molar-refractivity contribution is -0.138. The fourth-order valence-corrected chi connectivity index (χ4v) is 3.98. The van der Waals surface area contributed by atoms with Crippen LogP contribution >= 0.6 is 12.4 Å². The molecule has 146 valence electrons. The van der Waals surface area contributed by atoms with Crippen molar-refractivity contribution in [3.05, 3.63) is 0 Å². The Kier molecular flexibility index (Phi) is 10.4. The molecule has 2 fully saturated rings. The highest BCUT2D eigenvalue weighted by atomic mass is 35.5. The molecule has 0 aromatic carbocycles. The number of likely N-dealkylation sites (N-methyl/N-ethyl adjacent to an activating group) is 1. The van der Waals surface area contributed by atoms with Gasteiger partial charge in [-0.1, -0.05) is 25.7 Å². The van der Waals surface area contributed by atoms with Gasteiger partial charge < -0.3 is 10.4 Å². The van der Waals surface area contributed by atoms with Crippen LogP contribution in [0.3, 0.4) is 0 Å². The third-order valence-corrected chi connectivity index (χ3v) is 5.39. The lowest BCUT2D eigenvalue weighted by Crippen LogP contribution is -2.42. The predicted octanol–water partition coefficient (Wildman–Crippen LogP) is 2.12. The second kappa shape index (κ2) is 11.7. The number of amides is 1. The van der Waals surface area contributed by atoms with Gasteiger partial charge in [0.05, 0.1) is 13.1 Å². The zero-order valence-corrected chi connectivity index (χ0v) is 16.2. The van der Waals surface area contributed by atoms with E-state index in [0.29, 0.717) is 18.6 Å². The molecular formula is C18H34ClN3O3. The van der Waals surface area contributed by atoms with E-state index in [1.165, 1.54) is 25.7 Å². The molecule has 0 aromatic rings. The fourth-order valence-electron chi connectivity index (χ4n) is 3.98. The number of carbonyl (C=O) groups is 2. The molecule has 1 saturated heterocycles. The van der Waals surface area contributed by atoms with E-state index in [4.69, 9.17) is 5.11 Å². The summed E-state index contributed by atoms with van der Waals surface area (Å²) in [4.78, 5) is 27.3. The number of aliphatic carboxylic acids is 1. The first-order valence-electron chi connectivity index (χ1n) is 9.48. The number of hydrogen-bond acceptors (Lipinski definition) is 4. The summed E-state index contributed by atoms with van der Waals surface area (Å²) in [6.07, 6.45) is 10.2. The van der Waals surface area contributed by atoms with Crippen LogP contribution in [0, 0.1) is 0 Å². The minimum Gasteiger partial charge on any atom is -0.480 e. The van der Waals surface area contributed by atoms with Crippen LogP contribution in [0.5, 0.6) is 0 Å². The normalized spacial score (nSPS) is 23.4. The second-order valence-corrected chi connectivity index (χ2v) is 7.43. The molecule has 2 N–H and O–H groups in total. The molecule has 6 nitrogen and oxygen atoms in total. The SMILES string of the molecule is CN(CC(=O)O)C1CCCN(CC(=O)NC2CCCCCC2)CC1.Cl. The first-order valence-corrected chi connectivity index (χ1v) is 9.48. The van der Waals surface area contributed by atoms with E-state index in [0.717, 1.165) is 45.2 Å². The molecular weight excluding hydrogens is 342 g/mol. The Labute approximate surface area is 157 Å². The van der Waals surface area contributed by atoms with Crippen molar-refractivity contribution in [1.29, 1.82) is 0 Å². The van der Waals surface area contributed by atoms with Crippen LogP contribution in [0.25, 0.3) is 0 Å². The zero-order chi connectivity index (χ0) is 17.4. The van der Waals surface area contributed by atoms with Gasteiger partial charge in [-0.05, 0) is 45.7 Å². The van der Waals surface area contributed by atoms with E-state index in [1.54, 1.807) is 0 Å². The number of nitrogens with one attached hydrogen (secondary N) is 1. The van der Waals surface area contributed by atoms with Gasteiger partial charge in [-0.15, -0.1) is 12.4 Å². The molecule has 0 spiro atoms. The van der Waals surface area contributed by atoms with Crippen LogP contribution in [-0.2, 0) is 9.59 Å². The molecule has 7 heteroatoms. The number of hydrogen-bond donors (Lipinski definition) is 2. The Balaban J connectivity index is 0.00000312. The standard InChI is InChI=1S/C18H33N3O3.ClH/c1-20(14-18(23)24)16-9-6-11-21(12-10-16)13-17(22)19-15-7-4-2-3-5-8-15;/h15-16H,2-14H2,1H3,(H,19,22)(H,23,24);1H. The van der Waals surface area contributed by atoms with Crippen molar-refractivity contribution in [2.45, 2.75) is 69.9 Å². The average molecular weight is 376 g/mol. The maximum atomic E-state index is 12.3. The lowest BCUT2D eigenvalue weighted by atomic mass is 10.1. The van der Waals surface area contributed by atoms with Gasteiger partial charge in [-0.2, -0.15) is 0 Å².